The van der Waals surface area contributed by atoms with Crippen molar-refractivity contribution in [3.8, 4) is 0 Å². The van der Waals surface area contributed by atoms with Crippen molar-refractivity contribution in [3.05, 3.63) is 20.8 Å². The molecule has 0 spiro atoms. The van der Waals surface area contributed by atoms with Crippen LogP contribution in [0.25, 0.3) is 0 Å². The first-order valence-corrected chi connectivity index (χ1v) is 6.41. The molecule has 0 aliphatic carbocycles. The Balaban J connectivity index is 1.94. The molecule has 0 aromatic carbocycles. The van der Waals surface area contributed by atoms with Gasteiger partial charge in [0.2, 0.25) is 0 Å². The fraction of sp³-hybridized carbons (Fsp3) is 0.500. The van der Waals surface area contributed by atoms with Crippen molar-refractivity contribution in [3.63, 3.8) is 0 Å². The largest absolute Gasteiger partial charge is 0.481 e. The van der Waals surface area contributed by atoms with Gasteiger partial charge in [0.05, 0.1) is 9.70 Å². The lowest BCUT2D eigenvalue weighted by molar-refractivity contribution is -0.148. The monoisotopic (exact) mass is 289 g/mol. The number of nitrogens with zero attached hydrogens (tertiary/aromatic N) is 1. The average Bonchev–Trinajstić information content (AvgIpc) is 2.48. The lowest BCUT2D eigenvalue weighted by Gasteiger charge is -2.40. The van der Waals surface area contributed by atoms with Gasteiger partial charge in [-0.25, -0.2) is 0 Å². The van der Waals surface area contributed by atoms with Crippen LogP contribution in [0.1, 0.15) is 17.8 Å². The summed E-state index contributed by atoms with van der Waals surface area (Å²) in [6.45, 7) is 3.47. The van der Waals surface area contributed by atoms with Crippen LogP contribution < -0.4 is 0 Å². The minimum Gasteiger partial charge on any atom is -0.481 e. The highest BCUT2D eigenvalue weighted by Gasteiger charge is 2.35. The van der Waals surface area contributed by atoms with E-state index < -0.39 is 5.97 Å². The van der Waals surface area contributed by atoms with Gasteiger partial charge in [0, 0.05) is 24.0 Å². The smallest absolute Gasteiger partial charge is 0.309 e. The molecule has 1 aromatic heterocycles. The molecule has 1 atom stereocenters. The molecule has 1 aliphatic rings. The summed E-state index contributed by atoms with van der Waals surface area (Å²) in [6, 6.07) is 4.45. The molecule has 0 saturated carbocycles. The highest BCUT2D eigenvalue weighted by molar-refractivity contribution is 9.11. The predicted octanol–water partition coefficient (Wildman–Crippen LogP) is 2.59. The van der Waals surface area contributed by atoms with Crippen LogP contribution in [0.5, 0.6) is 0 Å². The fourth-order valence-electron chi connectivity index (χ4n) is 1.72. The Hall–Kier alpha value is -0.390. The molecule has 1 aromatic rings. The molecular weight excluding hydrogens is 278 g/mol. The van der Waals surface area contributed by atoms with Gasteiger partial charge in [0.25, 0.3) is 0 Å². The molecule has 2 heterocycles. The zero-order valence-corrected chi connectivity index (χ0v) is 10.7. The standard InChI is InChI=1S/C10H12BrNO2S/c1-6(8-2-3-9(11)15-8)12-4-7(5-12)10(13)14/h2-3,6-7H,4-5H2,1H3,(H,13,14). The van der Waals surface area contributed by atoms with Crippen molar-refractivity contribution in [2.75, 3.05) is 13.1 Å². The van der Waals surface area contributed by atoms with E-state index in [9.17, 15) is 4.79 Å². The van der Waals surface area contributed by atoms with Crippen molar-refractivity contribution in [2.24, 2.45) is 5.92 Å². The van der Waals surface area contributed by atoms with Gasteiger partial charge in [-0.05, 0) is 35.0 Å². The summed E-state index contributed by atoms with van der Waals surface area (Å²) in [6.07, 6.45) is 0. The second kappa shape index (κ2) is 4.23. The van der Waals surface area contributed by atoms with E-state index in [1.165, 1.54) is 4.88 Å². The third kappa shape index (κ3) is 2.24. The molecule has 2 rings (SSSR count). The Morgan fingerprint density at radius 3 is 2.80 bits per heavy atom. The van der Waals surface area contributed by atoms with Crippen molar-refractivity contribution < 1.29 is 9.90 Å². The third-order valence-corrected chi connectivity index (χ3v) is 4.61. The van der Waals surface area contributed by atoms with Crippen molar-refractivity contribution in [2.45, 2.75) is 13.0 Å². The van der Waals surface area contributed by atoms with Gasteiger partial charge in [-0.3, -0.25) is 9.69 Å². The normalized spacial score (nSPS) is 19.9. The van der Waals surface area contributed by atoms with E-state index in [2.05, 4.69) is 33.8 Å². The Bertz CT molecular complexity index is 373. The van der Waals surface area contributed by atoms with Crippen LogP contribution in [0.4, 0.5) is 0 Å². The number of carbonyl (C=O) groups is 1. The Kier molecular flexibility index (Phi) is 3.13. The molecule has 0 radical (unpaired) electrons. The molecule has 3 nitrogen and oxygen atoms in total. The number of carboxylic acids is 1. The maximum atomic E-state index is 10.7. The van der Waals surface area contributed by atoms with Gasteiger partial charge in [-0.1, -0.05) is 0 Å². The van der Waals surface area contributed by atoms with Crippen molar-refractivity contribution >= 4 is 33.2 Å². The van der Waals surface area contributed by atoms with Gasteiger partial charge in [0.1, 0.15) is 0 Å². The van der Waals surface area contributed by atoms with Crippen LogP contribution in [-0.4, -0.2) is 29.1 Å². The number of rotatable bonds is 3. The molecular formula is C10H12BrNO2S. The van der Waals surface area contributed by atoms with E-state index in [1.54, 1.807) is 11.3 Å². The zero-order valence-electron chi connectivity index (χ0n) is 8.31. The SMILES string of the molecule is CC(c1ccc(Br)s1)N1CC(C(=O)O)C1. The minimum absolute atomic E-state index is 0.171. The number of carboxylic acid groups (broad SMARTS) is 1. The molecule has 1 saturated heterocycles. The van der Waals surface area contributed by atoms with Crippen LogP contribution in [0.15, 0.2) is 15.9 Å². The van der Waals surface area contributed by atoms with Crippen LogP contribution in [0, 0.1) is 5.92 Å². The van der Waals surface area contributed by atoms with Crippen molar-refractivity contribution in [1.29, 1.82) is 0 Å². The topological polar surface area (TPSA) is 40.5 Å². The van der Waals surface area contributed by atoms with Gasteiger partial charge in [-0.2, -0.15) is 0 Å². The summed E-state index contributed by atoms with van der Waals surface area (Å²) in [4.78, 5) is 14.1. The lowest BCUT2D eigenvalue weighted by atomic mass is 9.98. The zero-order chi connectivity index (χ0) is 11.0. The van der Waals surface area contributed by atoms with E-state index in [4.69, 9.17) is 5.11 Å². The Labute approximate surface area is 101 Å². The first-order valence-electron chi connectivity index (χ1n) is 4.80. The molecule has 15 heavy (non-hydrogen) atoms. The van der Waals surface area contributed by atoms with Gasteiger partial charge in [-0.15, -0.1) is 11.3 Å². The summed E-state index contributed by atoms with van der Waals surface area (Å²) < 4.78 is 1.12. The average molecular weight is 290 g/mol. The molecule has 1 fully saturated rings. The quantitative estimate of drug-likeness (QED) is 0.930. The highest BCUT2D eigenvalue weighted by atomic mass is 79.9. The maximum Gasteiger partial charge on any atom is 0.309 e. The Morgan fingerprint density at radius 1 is 1.67 bits per heavy atom. The molecule has 5 heteroatoms. The molecule has 82 valence electrons. The summed E-state index contributed by atoms with van der Waals surface area (Å²) >= 11 is 5.14. The summed E-state index contributed by atoms with van der Waals surface area (Å²) in [7, 11) is 0. The predicted molar refractivity (Wildman–Crippen MR) is 63.1 cm³/mol. The second-order valence-electron chi connectivity index (χ2n) is 3.81. The van der Waals surface area contributed by atoms with Gasteiger partial charge >= 0.3 is 5.97 Å². The van der Waals surface area contributed by atoms with Crippen molar-refractivity contribution in [1.82, 2.24) is 4.90 Å². The van der Waals surface area contributed by atoms with E-state index in [0.29, 0.717) is 19.1 Å². The lowest BCUT2D eigenvalue weighted by Crippen LogP contribution is -2.50. The van der Waals surface area contributed by atoms with Gasteiger partial charge < -0.3 is 5.11 Å². The third-order valence-electron chi connectivity index (χ3n) is 2.81. The van der Waals surface area contributed by atoms with E-state index in [-0.39, 0.29) is 5.92 Å². The second-order valence-corrected chi connectivity index (χ2v) is 6.30. The number of halogens is 1. The highest BCUT2D eigenvalue weighted by Crippen LogP contribution is 2.34. The van der Waals surface area contributed by atoms with E-state index >= 15 is 0 Å². The van der Waals surface area contributed by atoms with E-state index in [1.807, 2.05) is 6.07 Å². The van der Waals surface area contributed by atoms with Crippen LogP contribution in [-0.2, 0) is 4.79 Å². The minimum atomic E-state index is -0.675. The number of likely N-dealkylation sites (tertiary alicyclic amines) is 1. The maximum absolute atomic E-state index is 10.7. The molecule has 1 aliphatic heterocycles. The number of hydrogen-bond donors (Lipinski definition) is 1. The van der Waals surface area contributed by atoms with Crippen LogP contribution in [0.3, 0.4) is 0 Å². The number of thiophene rings is 1. The molecule has 0 bridgehead atoms. The van der Waals surface area contributed by atoms with Crippen LogP contribution >= 0.6 is 27.3 Å². The molecule has 0 amide bonds. The van der Waals surface area contributed by atoms with Crippen LogP contribution in [0.2, 0.25) is 0 Å². The van der Waals surface area contributed by atoms with E-state index in [0.717, 1.165) is 3.79 Å². The fourth-order valence-corrected chi connectivity index (χ4v) is 3.23. The first-order chi connectivity index (χ1) is 7.08. The Morgan fingerprint density at radius 2 is 2.33 bits per heavy atom. The summed E-state index contributed by atoms with van der Waals surface area (Å²) in [5.41, 5.74) is 0. The molecule has 1 N–H and O–H groups in total. The number of aliphatic carboxylic acids is 1. The number of hydrogen-bond acceptors (Lipinski definition) is 3. The summed E-state index contributed by atoms with van der Waals surface area (Å²) in [5.74, 6) is -0.846. The molecule has 1 unspecified atom stereocenters. The summed E-state index contributed by atoms with van der Waals surface area (Å²) in [5, 5.41) is 8.78. The van der Waals surface area contributed by atoms with Gasteiger partial charge in [0.15, 0.2) is 0 Å². The first kappa shape index (κ1) is 11.1.